The van der Waals surface area contributed by atoms with E-state index in [0.717, 1.165) is 37.9 Å². The first-order valence-electron chi connectivity index (χ1n) is 11.9. The van der Waals surface area contributed by atoms with E-state index in [0.29, 0.717) is 32.6 Å². The Labute approximate surface area is 255 Å². The summed E-state index contributed by atoms with van der Waals surface area (Å²) >= 11 is 0. The molecule has 0 unspecified atom stereocenters. The Balaban J connectivity index is 0. The van der Waals surface area contributed by atoms with E-state index in [2.05, 4.69) is 27.1 Å². The molecule has 4 N–H and O–H groups in total. The molecule has 0 radical (unpaired) electrons. The van der Waals surface area contributed by atoms with Gasteiger partial charge in [0.25, 0.3) is 5.56 Å². The second kappa shape index (κ2) is 21.0. The first kappa shape index (κ1) is 39.4. The number of methoxy groups -OCH3 is 1. The number of hydrogen-bond acceptors (Lipinski definition) is 9. The third-order valence-corrected chi connectivity index (χ3v) is 5.67. The molecule has 0 spiro atoms. The van der Waals surface area contributed by atoms with Gasteiger partial charge >= 0.3 is 5.69 Å². The van der Waals surface area contributed by atoms with Gasteiger partial charge in [0.05, 0.1) is 25.0 Å². The van der Waals surface area contributed by atoms with Crippen LogP contribution in [0, 0.1) is 50.4 Å². The van der Waals surface area contributed by atoms with Crippen molar-refractivity contribution in [3.8, 4) is 11.8 Å². The average Bonchev–Trinajstić information content (AvgIpc) is 3.48. The molecule has 13 heteroatoms. The minimum Gasteiger partial charge on any atom is -0.394 e. The number of aryl methyl sites for hydroxylation is 2. The molecular formula is C26H45N6O6U-. The zero-order valence-electron chi connectivity index (χ0n) is 21.5. The molecule has 2 aromatic rings. The molecule has 0 aliphatic carbocycles. The van der Waals surface area contributed by atoms with Crippen molar-refractivity contribution in [2.45, 2.75) is 78.4 Å². The summed E-state index contributed by atoms with van der Waals surface area (Å²) in [5, 5.41) is 17.7. The first-order chi connectivity index (χ1) is 17.0. The van der Waals surface area contributed by atoms with Gasteiger partial charge in [-0.15, -0.1) is 5.10 Å². The number of unbranched alkanes of at least 4 members (excludes halogenated alkanes) is 2. The number of H-pyrrole nitrogens is 1. The van der Waals surface area contributed by atoms with Crippen LogP contribution in [0.4, 0.5) is 0 Å². The number of aromatic nitrogens is 5. The van der Waals surface area contributed by atoms with Crippen LogP contribution < -0.4 is 17.0 Å². The number of aliphatic hydroxyl groups excluding tert-OH is 1. The van der Waals surface area contributed by atoms with Crippen molar-refractivity contribution >= 4 is 0 Å². The summed E-state index contributed by atoms with van der Waals surface area (Å²) in [6.45, 7) is 2.27. The Morgan fingerprint density at radius 2 is 2.00 bits per heavy atom. The van der Waals surface area contributed by atoms with Crippen molar-refractivity contribution in [1.29, 1.82) is 0 Å². The fourth-order valence-electron chi connectivity index (χ4n) is 3.83. The molecule has 0 saturated carbocycles. The molecular weight excluding hydrogens is 730 g/mol. The minimum absolute atomic E-state index is 0. The van der Waals surface area contributed by atoms with Crippen LogP contribution in [0.1, 0.15) is 64.4 Å². The van der Waals surface area contributed by atoms with Gasteiger partial charge in [-0.2, -0.15) is 0 Å². The maximum absolute atomic E-state index is 12.3. The molecule has 0 amide bonds. The van der Waals surface area contributed by atoms with Crippen LogP contribution in [-0.2, 0) is 27.2 Å². The second-order valence-electron chi connectivity index (χ2n) is 8.27. The fourth-order valence-corrected chi connectivity index (χ4v) is 3.83. The third-order valence-electron chi connectivity index (χ3n) is 5.67. The maximum atomic E-state index is 12.3. The van der Waals surface area contributed by atoms with Gasteiger partial charge in [0, 0.05) is 83.2 Å². The monoisotopic (exact) mass is 775 g/mol. The summed E-state index contributed by atoms with van der Waals surface area (Å²) in [4.78, 5) is 26.7. The summed E-state index contributed by atoms with van der Waals surface area (Å²) in [7, 11) is 1.52. The Hall–Kier alpha value is -1.77. The van der Waals surface area contributed by atoms with Crippen LogP contribution in [0.2, 0.25) is 0 Å². The van der Waals surface area contributed by atoms with Crippen molar-refractivity contribution in [2.75, 3.05) is 33.5 Å². The van der Waals surface area contributed by atoms with Crippen LogP contribution in [0.15, 0.2) is 22.0 Å². The Morgan fingerprint density at radius 3 is 2.67 bits per heavy atom. The quantitative estimate of drug-likeness (QED) is 0.155. The summed E-state index contributed by atoms with van der Waals surface area (Å²) < 4.78 is 19.5. The minimum atomic E-state index is -0.645. The van der Waals surface area contributed by atoms with Crippen molar-refractivity contribution < 1.29 is 50.4 Å². The normalized spacial score (nSPS) is 17.6. The molecule has 0 aromatic carbocycles. The average molecular weight is 776 g/mol. The van der Waals surface area contributed by atoms with Gasteiger partial charge in [0.2, 0.25) is 0 Å². The molecule has 2 aromatic heterocycles. The van der Waals surface area contributed by atoms with E-state index in [1.54, 1.807) is 0 Å². The van der Waals surface area contributed by atoms with E-state index in [4.69, 9.17) is 19.9 Å². The molecule has 1 saturated heterocycles. The van der Waals surface area contributed by atoms with Crippen LogP contribution in [0.25, 0.3) is 0 Å². The topological polar surface area (TPSA) is 160 Å². The van der Waals surface area contributed by atoms with Crippen LogP contribution in [-0.4, -0.2) is 75.3 Å². The molecule has 0 bridgehead atoms. The third kappa shape index (κ3) is 12.1. The fraction of sp³-hybridized carbons (Fsp3) is 0.654. The zero-order valence-corrected chi connectivity index (χ0v) is 25.7. The number of hydrogen-bond donors (Lipinski definition) is 3. The number of nitrogens with two attached hydrogens (primary N) is 1. The standard InChI is InChI=1S/C23H34N6O6.2CH4.CH3.U/c1-33-19-13-21(35-20(19)16-30)29-14-17(22(31)25-23(29)32)7-4-2-3-5-8-18-15-28(27-26-18)10-6-11-34-12-9-24;;;;/h14-15,19-21,30H,2-3,5-6,8-13,16,24H2,1H3,(H,25,31,32);2*1H4;1H3;/q;;;-1;/t19-,20-,21-;;;;/m1..../s1. The number of rotatable bonds is 13. The van der Waals surface area contributed by atoms with Gasteiger partial charge in [-0.3, -0.25) is 19.0 Å². The summed E-state index contributed by atoms with van der Waals surface area (Å²) in [6, 6.07) is 0. The van der Waals surface area contributed by atoms with Gasteiger partial charge in [0.15, 0.2) is 0 Å². The SMILES string of the molecule is C.C.CO[C@@H]1C[C@H](n2cc(C#CCCCCc3cn(CCCOCCN)nn3)c(=O)[nH]c2=O)O[C@@H]1CO.[CH3-].[U]. The summed E-state index contributed by atoms with van der Waals surface area (Å²) in [5.41, 5.74) is 5.38. The van der Waals surface area contributed by atoms with Gasteiger partial charge in [-0.05, 0) is 25.7 Å². The molecule has 1 aliphatic heterocycles. The molecule has 3 atom stereocenters. The number of ether oxygens (including phenoxy) is 3. The number of nitrogens with zero attached hydrogens (tertiary/aromatic N) is 4. The van der Waals surface area contributed by atoms with Gasteiger partial charge in [-0.1, -0.05) is 31.9 Å². The molecule has 3 heterocycles. The second-order valence-corrected chi connectivity index (χ2v) is 8.27. The Morgan fingerprint density at radius 1 is 1.23 bits per heavy atom. The predicted molar refractivity (Wildman–Crippen MR) is 147 cm³/mol. The van der Waals surface area contributed by atoms with E-state index < -0.39 is 23.6 Å². The van der Waals surface area contributed by atoms with E-state index in [9.17, 15) is 14.7 Å². The molecule has 3 rings (SSSR count). The van der Waals surface area contributed by atoms with E-state index in [-0.39, 0.29) is 71.7 Å². The van der Waals surface area contributed by atoms with Gasteiger partial charge < -0.3 is 32.5 Å². The molecule has 12 nitrogen and oxygen atoms in total. The van der Waals surface area contributed by atoms with Crippen LogP contribution >= 0.6 is 0 Å². The van der Waals surface area contributed by atoms with Gasteiger partial charge in [0.1, 0.15) is 17.9 Å². The molecule has 1 aliphatic rings. The largest absolute Gasteiger partial charge is 0.394 e. The zero-order chi connectivity index (χ0) is 25.0. The van der Waals surface area contributed by atoms with Crippen LogP contribution in [0.3, 0.4) is 0 Å². The molecule has 1 fully saturated rings. The van der Waals surface area contributed by atoms with E-state index in [1.165, 1.54) is 17.9 Å². The smallest absolute Gasteiger partial charge is 0.330 e. The first-order valence-corrected chi connectivity index (χ1v) is 11.9. The number of nitrogens with one attached hydrogen (secondary N) is 1. The summed E-state index contributed by atoms with van der Waals surface area (Å²) in [6.07, 6.45) is 6.19. The Bertz CT molecular complexity index is 1100. The molecule has 39 heavy (non-hydrogen) atoms. The van der Waals surface area contributed by atoms with Crippen molar-refractivity contribution in [3.05, 3.63) is 51.9 Å². The van der Waals surface area contributed by atoms with E-state index in [1.807, 2.05) is 10.9 Å². The number of aliphatic hydroxyl groups is 1. The van der Waals surface area contributed by atoms with E-state index >= 15 is 0 Å². The Kier molecular flexibility index (Phi) is 21.2. The summed E-state index contributed by atoms with van der Waals surface area (Å²) in [5.74, 6) is 5.85. The molecule has 220 valence electrons. The van der Waals surface area contributed by atoms with Gasteiger partial charge in [-0.25, -0.2) is 4.79 Å². The predicted octanol–water partition coefficient (Wildman–Crippen LogP) is 1.28. The van der Waals surface area contributed by atoms with Crippen molar-refractivity contribution in [2.24, 2.45) is 5.73 Å². The van der Waals surface area contributed by atoms with Crippen LogP contribution in [0.5, 0.6) is 0 Å². The van der Waals surface area contributed by atoms with Crippen molar-refractivity contribution in [3.63, 3.8) is 0 Å². The maximum Gasteiger partial charge on any atom is 0.330 e. The number of aromatic amines is 1. The van der Waals surface area contributed by atoms with Crippen molar-refractivity contribution in [1.82, 2.24) is 24.5 Å².